The predicted octanol–water partition coefficient (Wildman–Crippen LogP) is 3.62. The normalized spacial score (nSPS) is 10.4. The molecule has 2 rings (SSSR count). The highest BCUT2D eigenvalue weighted by Gasteiger charge is 1.99. The van der Waals surface area contributed by atoms with Gasteiger partial charge in [0.15, 0.2) is 0 Å². The van der Waals surface area contributed by atoms with Crippen LogP contribution in [0.1, 0.15) is 5.56 Å². The van der Waals surface area contributed by atoms with Gasteiger partial charge >= 0.3 is 0 Å². The van der Waals surface area contributed by atoms with Gasteiger partial charge in [0.25, 0.3) is 0 Å². The van der Waals surface area contributed by atoms with Crippen molar-refractivity contribution in [2.75, 3.05) is 6.54 Å². The maximum atomic E-state index is 5.57. The molecule has 2 aromatic carbocycles. The van der Waals surface area contributed by atoms with Crippen molar-refractivity contribution in [1.29, 1.82) is 0 Å². The van der Waals surface area contributed by atoms with Crippen LogP contribution in [0.4, 0.5) is 0 Å². The number of rotatable bonds is 3. The summed E-state index contributed by atoms with van der Waals surface area (Å²) in [5.41, 5.74) is 9.33. The second-order valence-electron chi connectivity index (χ2n) is 3.75. The molecule has 0 saturated carbocycles. The molecule has 0 atom stereocenters. The molecule has 0 radical (unpaired) electrons. The fourth-order valence-corrected chi connectivity index (χ4v) is 2.14. The largest absolute Gasteiger partial charge is 0.330 e. The topological polar surface area (TPSA) is 26.0 Å². The van der Waals surface area contributed by atoms with Crippen molar-refractivity contribution in [1.82, 2.24) is 0 Å². The fourth-order valence-electron chi connectivity index (χ4n) is 1.74. The average molecular weight is 276 g/mol. The first-order valence-corrected chi connectivity index (χ1v) is 6.14. The Bertz CT molecular complexity index is 480. The van der Waals surface area contributed by atoms with E-state index in [-0.39, 0.29) is 0 Å². The van der Waals surface area contributed by atoms with Gasteiger partial charge in [0.05, 0.1) is 0 Å². The van der Waals surface area contributed by atoms with Crippen LogP contribution >= 0.6 is 15.9 Å². The zero-order valence-electron chi connectivity index (χ0n) is 8.99. The standard InChI is InChI=1S/C14H14BrN/c15-14-6-2-5-13(10-14)12-4-1-3-11(9-12)7-8-16/h1-6,9-10H,7-8,16H2. The minimum absolute atomic E-state index is 0.696. The van der Waals surface area contributed by atoms with Crippen molar-refractivity contribution in [3.05, 3.63) is 58.6 Å². The molecule has 0 spiro atoms. The zero-order valence-corrected chi connectivity index (χ0v) is 10.6. The Balaban J connectivity index is 2.36. The molecule has 0 amide bonds. The molecule has 2 N–H and O–H groups in total. The van der Waals surface area contributed by atoms with Crippen molar-refractivity contribution in [3.63, 3.8) is 0 Å². The van der Waals surface area contributed by atoms with Gasteiger partial charge in [-0.05, 0) is 41.8 Å². The lowest BCUT2D eigenvalue weighted by atomic mass is 10.0. The Hall–Kier alpha value is -1.12. The van der Waals surface area contributed by atoms with E-state index in [0.717, 1.165) is 10.9 Å². The minimum atomic E-state index is 0.696. The third-order valence-corrected chi connectivity index (χ3v) is 3.01. The smallest absolute Gasteiger partial charge is 0.0181 e. The second-order valence-corrected chi connectivity index (χ2v) is 4.67. The summed E-state index contributed by atoms with van der Waals surface area (Å²) in [7, 11) is 0. The molecule has 82 valence electrons. The van der Waals surface area contributed by atoms with E-state index in [9.17, 15) is 0 Å². The molecule has 0 aliphatic rings. The molecule has 0 aliphatic carbocycles. The summed E-state index contributed by atoms with van der Waals surface area (Å²) < 4.78 is 1.11. The Morgan fingerprint density at radius 2 is 1.62 bits per heavy atom. The molecule has 0 saturated heterocycles. The molecular weight excluding hydrogens is 262 g/mol. The number of nitrogens with two attached hydrogens (primary N) is 1. The van der Waals surface area contributed by atoms with Crippen LogP contribution in [0.3, 0.4) is 0 Å². The molecule has 16 heavy (non-hydrogen) atoms. The van der Waals surface area contributed by atoms with Crippen molar-refractivity contribution >= 4 is 15.9 Å². The Morgan fingerprint density at radius 1 is 0.938 bits per heavy atom. The Kier molecular flexibility index (Phi) is 3.75. The first kappa shape index (κ1) is 11.4. The molecule has 2 heteroatoms. The Labute approximate surface area is 104 Å². The van der Waals surface area contributed by atoms with Crippen LogP contribution in [0.5, 0.6) is 0 Å². The third kappa shape index (κ3) is 2.71. The molecular formula is C14H14BrN. The van der Waals surface area contributed by atoms with Crippen molar-refractivity contribution < 1.29 is 0 Å². The van der Waals surface area contributed by atoms with Crippen LogP contribution in [0.15, 0.2) is 53.0 Å². The molecule has 1 nitrogen and oxygen atoms in total. The molecule has 0 bridgehead atoms. The molecule has 0 aromatic heterocycles. The first-order chi connectivity index (χ1) is 7.79. The van der Waals surface area contributed by atoms with E-state index in [2.05, 4.69) is 58.4 Å². The molecule has 0 fully saturated rings. The van der Waals surface area contributed by atoms with Gasteiger partial charge in [-0.3, -0.25) is 0 Å². The zero-order chi connectivity index (χ0) is 11.4. The van der Waals surface area contributed by atoms with Crippen molar-refractivity contribution in [2.24, 2.45) is 5.73 Å². The average Bonchev–Trinajstić information content (AvgIpc) is 2.30. The van der Waals surface area contributed by atoms with Gasteiger partial charge in [-0.2, -0.15) is 0 Å². The van der Waals surface area contributed by atoms with Crippen molar-refractivity contribution in [3.8, 4) is 11.1 Å². The van der Waals surface area contributed by atoms with E-state index in [1.807, 2.05) is 6.07 Å². The first-order valence-electron chi connectivity index (χ1n) is 5.34. The summed E-state index contributed by atoms with van der Waals surface area (Å²) in [6.45, 7) is 0.696. The highest BCUT2D eigenvalue weighted by Crippen LogP contribution is 2.23. The van der Waals surface area contributed by atoms with Gasteiger partial charge in [-0.1, -0.05) is 52.3 Å². The van der Waals surface area contributed by atoms with Crippen LogP contribution in [-0.4, -0.2) is 6.54 Å². The van der Waals surface area contributed by atoms with Gasteiger partial charge in [-0.15, -0.1) is 0 Å². The van der Waals surface area contributed by atoms with Crippen molar-refractivity contribution in [2.45, 2.75) is 6.42 Å². The second kappa shape index (κ2) is 5.28. The van der Waals surface area contributed by atoms with E-state index in [1.54, 1.807) is 0 Å². The lowest BCUT2D eigenvalue weighted by molar-refractivity contribution is 0.969. The van der Waals surface area contributed by atoms with E-state index < -0.39 is 0 Å². The van der Waals surface area contributed by atoms with Crippen LogP contribution in [0.2, 0.25) is 0 Å². The number of benzene rings is 2. The summed E-state index contributed by atoms with van der Waals surface area (Å²) in [5, 5.41) is 0. The van der Waals surface area contributed by atoms with Gasteiger partial charge in [0.2, 0.25) is 0 Å². The quantitative estimate of drug-likeness (QED) is 0.910. The third-order valence-electron chi connectivity index (χ3n) is 2.52. The lowest BCUT2D eigenvalue weighted by Gasteiger charge is -2.05. The number of halogens is 1. The van der Waals surface area contributed by atoms with Gasteiger partial charge in [0, 0.05) is 4.47 Å². The lowest BCUT2D eigenvalue weighted by Crippen LogP contribution is -2.02. The monoisotopic (exact) mass is 275 g/mol. The van der Waals surface area contributed by atoms with E-state index in [0.29, 0.717) is 6.54 Å². The molecule has 0 aliphatic heterocycles. The van der Waals surface area contributed by atoms with E-state index >= 15 is 0 Å². The highest BCUT2D eigenvalue weighted by molar-refractivity contribution is 9.10. The summed E-state index contributed by atoms with van der Waals surface area (Å²) in [6.07, 6.45) is 0.932. The van der Waals surface area contributed by atoms with Gasteiger partial charge in [-0.25, -0.2) is 0 Å². The van der Waals surface area contributed by atoms with Crippen LogP contribution < -0.4 is 5.73 Å². The summed E-state index contributed by atoms with van der Waals surface area (Å²) >= 11 is 3.49. The Morgan fingerprint density at radius 3 is 2.31 bits per heavy atom. The molecule has 2 aromatic rings. The maximum Gasteiger partial charge on any atom is 0.0181 e. The van der Waals surface area contributed by atoms with Crippen LogP contribution in [0.25, 0.3) is 11.1 Å². The van der Waals surface area contributed by atoms with Crippen LogP contribution in [-0.2, 0) is 6.42 Å². The van der Waals surface area contributed by atoms with Gasteiger partial charge < -0.3 is 5.73 Å². The minimum Gasteiger partial charge on any atom is -0.330 e. The van der Waals surface area contributed by atoms with Crippen LogP contribution in [0, 0.1) is 0 Å². The van der Waals surface area contributed by atoms with Gasteiger partial charge in [0.1, 0.15) is 0 Å². The van der Waals surface area contributed by atoms with E-state index in [4.69, 9.17) is 5.73 Å². The SMILES string of the molecule is NCCc1cccc(-c2cccc(Br)c2)c1. The maximum absolute atomic E-state index is 5.57. The molecule has 0 unspecified atom stereocenters. The number of hydrogen-bond donors (Lipinski definition) is 1. The number of hydrogen-bond acceptors (Lipinski definition) is 1. The van der Waals surface area contributed by atoms with E-state index in [1.165, 1.54) is 16.7 Å². The fraction of sp³-hybridized carbons (Fsp3) is 0.143. The highest BCUT2D eigenvalue weighted by atomic mass is 79.9. The molecule has 0 heterocycles. The summed E-state index contributed by atoms with van der Waals surface area (Å²) in [4.78, 5) is 0. The summed E-state index contributed by atoms with van der Waals surface area (Å²) in [6, 6.07) is 16.9. The predicted molar refractivity (Wildman–Crippen MR) is 72.3 cm³/mol. The summed E-state index contributed by atoms with van der Waals surface area (Å²) in [5.74, 6) is 0.